The van der Waals surface area contributed by atoms with Crippen LogP contribution in [0.3, 0.4) is 0 Å². The van der Waals surface area contributed by atoms with E-state index in [0.717, 1.165) is 44.9 Å². The van der Waals surface area contributed by atoms with Crippen LogP contribution in [0.2, 0.25) is 0 Å². The van der Waals surface area contributed by atoms with Crippen molar-refractivity contribution in [2.24, 2.45) is 0 Å². The van der Waals surface area contributed by atoms with Crippen LogP contribution in [0.25, 0.3) is 11.3 Å². The number of rotatable bonds is 4. The molecule has 2 atom stereocenters. The largest absolute Gasteiger partial charge is 0.491 e. The van der Waals surface area contributed by atoms with Crippen molar-refractivity contribution in [1.29, 1.82) is 0 Å². The average Bonchev–Trinajstić information content (AvgIpc) is 3.92. The molecule has 2 fully saturated rings. The van der Waals surface area contributed by atoms with Crippen molar-refractivity contribution in [1.82, 2.24) is 14.9 Å². The van der Waals surface area contributed by atoms with Crippen LogP contribution in [0.4, 0.5) is 16.3 Å². The lowest BCUT2D eigenvalue weighted by Gasteiger charge is -2.38. The van der Waals surface area contributed by atoms with Gasteiger partial charge in [0.1, 0.15) is 11.4 Å². The lowest BCUT2D eigenvalue weighted by atomic mass is 9.91. The predicted octanol–water partition coefficient (Wildman–Crippen LogP) is 7.69. The number of fused-ring (bicyclic) bond motifs is 11. The van der Waals surface area contributed by atoms with E-state index in [0.29, 0.717) is 67.2 Å². The molecule has 4 heterocycles. The van der Waals surface area contributed by atoms with Gasteiger partial charge in [-0.1, -0.05) is 43.5 Å². The van der Waals surface area contributed by atoms with Gasteiger partial charge < -0.3 is 34.9 Å². The summed E-state index contributed by atoms with van der Waals surface area (Å²) in [4.78, 5) is 37.2. The highest BCUT2D eigenvalue weighted by Gasteiger charge is 2.58. The van der Waals surface area contributed by atoms with Crippen LogP contribution in [0, 0.1) is 0 Å². The van der Waals surface area contributed by atoms with Gasteiger partial charge in [-0.3, -0.25) is 4.79 Å². The van der Waals surface area contributed by atoms with Crippen molar-refractivity contribution in [3.63, 3.8) is 0 Å². The number of aromatic nitrogens is 2. The molecule has 4 aliphatic rings. The Morgan fingerprint density at radius 3 is 2.44 bits per heavy atom. The number of carbonyl (C=O) groups is 2. The number of sulfone groups is 1. The Bertz CT molecular complexity index is 1960. The van der Waals surface area contributed by atoms with Crippen LogP contribution in [0.5, 0.6) is 5.75 Å². The number of para-hydroxylation sites is 1. The molecule has 7 rings (SSSR count). The van der Waals surface area contributed by atoms with Gasteiger partial charge in [-0.25, -0.2) is 23.2 Å². The number of hydrogen-bond donors (Lipinski definition) is 2. The number of anilines is 2. The summed E-state index contributed by atoms with van der Waals surface area (Å²) in [7, 11) is -2.06. The van der Waals surface area contributed by atoms with Gasteiger partial charge in [0.15, 0.2) is 27.6 Å². The van der Waals surface area contributed by atoms with Gasteiger partial charge in [0.2, 0.25) is 0 Å². The topological polar surface area (TPSA) is 172 Å². The predicted molar refractivity (Wildman–Crippen MR) is 209 cm³/mol. The number of hydrogen-bond acceptors (Lipinski definition) is 11. The molecule has 2 aromatic carbocycles. The molecular weight excluding hydrogens is 723 g/mol. The number of ether oxygens (including phenoxy) is 4. The summed E-state index contributed by atoms with van der Waals surface area (Å²) in [6, 6.07) is 11.9. The van der Waals surface area contributed by atoms with E-state index < -0.39 is 37.8 Å². The van der Waals surface area contributed by atoms with Crippen molar-refractivity contribution in [3.05, 3.63) is 59.9 Å². The second-order valence-corrected chi connectivity index (χ2v) is 18.7. The van der Waals surface area contributed by atoms with Gasteiger partial charge in [-0.2, -0.15) is 0 Å². The molecule has 0 radical (unpaired) electrons. The zero-order chi connectivity index (χ0) is 39.4. The summed E-state index contributed by atoms with van der Waals surface area (Å²) in [5, 5.41) is 2.91. The van der Waals surface area contributed by atoms with Gasteiger partial charge in [0, 0.05) is 24.8 Å². The molecule has 55 heavy (non-hydrogen) atoms. The highest BCUT2D eigenvalue weighted by Crippen LogP contribution is 2.53. The number of nitrogens with one attached hydrogen (secondary N) is 1. The van der Waals surface area contributed by atoms with Crippen molar-refractivity contribution in [3.8, 4) is 17.0 Å². The summed E-state index contributed by atoms with van der Waals surface area (Å²) in [6.07, 6.45) is 8.93. The molecule has 2 amide bonds. The smallest absolute Gasteiger partial charge is 0.410 e. The first-order valence-corrected chi connectivity index (χ1v) is 20.8. The normalized spacial score (nSPS) is 22.9. The van der Waals surface area contributed by atoms with Crippen molar-refractivity contribution in [2.75, 3.05) is 31.3 Å². The fourth-order valence-electron chi connectivity index (χ4n) is 7.38. The molecular formula is C41H55N5O8S. The van der Waals surface area contributed by atoms with Gasteiger partial charge in [0.05, 0.1) is 46.0 Å². The Morgan fingerprint density at radius 1 is 1.02 bits per heavy atom. The third-order valence-electron chi connectivity index (χ3n) is 10.4. The third kappa shape index (κ3) is 9.76. The zero-order valence-corrected chi connectivity index (χ0v) is 33.5. The molecule has 13 nitrogen and oxygen atoms in total. The van der Waals surface area contributed by atoms with Crippen molar-refractivity contribution in [2.45, 2.75) is 132 Å². The molecule has 2 unspecified atom stereocenters. The first kappa shape index (κ1) is 40.4. The second-order valence-electron chi connectivity index (χ2n) is 16.3. The number of nitrogens with zero attached hydrogens (tertiary/aromatic N) is 3. The minimum atomic E-state index is -3.71. The van der Waals surface area contributed by atoms with E-state index in [1.165, 1.54) is 11.1 Å². The highest BCUT2D eigenvalue weighted by atomic mass is 32.2. The van der Waals surface area contributed by atoms with Crippen LogP contribution in [-0.4, -0.2) is 77.8 Å². The lowest BCUT2D eigenvalue weighted by molar-refractivity contribution is -0.224. The molecule has 3 N–H and O–H groups in total. The number of carbonyl (C=O) groups excluding carboxylic acids is 2. The van der Waals surface area contributed by atoms with Crippen LogP contribution in [-0.2, 0) is 30.6 Å². The molecule has 1 saturated heterocycles. The van der Waals surface area contributed by atoms with Gasteiger partial charge in [0.25, 0.3) is 5.91 Å². The first-order valence-electron chi connectivity index (χ1n) is 19.4. The fourth-order valence-corrected chi connectivity index (χ4v) is 9.51. The quantitative estimate of drug-likeness (QED) is 0.266. The molecule has 3 aromatic rings. The number of nitrogen functional groups attached to an aromatic ring is 1. The van der Waals surface area contributed by atoms with E-state index in [2.05, 4.69) is 15.3 Å². The molecule has 1 aliphatic carbocycles. The molecule has 14 heteroatoms. The van der Waals surface area contributed by atoms with E-state index in [1.807, 2.05) is 33.8 Å². The standard InChI is InChI=1S/C41H55N5O8S/c1-39(2,3)54-38(48)46(5)26-29-13-12-14-31-35(29)52-24-10-7-6-9-20-40(4,53-33-15-8-11-23-51-33)27-41(21-22-41)55(49,50)30-18-16-28(17-19-30)32-25-43-36(42)34(44-32)37(47)45-31/h12-14,16-19,25,33H,6-11,15,20-24,26-27H2,1-5H3,(H2,42,43)(H,45,47). The monoisotopic (exact) mass is 777 g/mol. The number of benzene rings is 2. The first-order chi connectivity index (χ1) is 26.1. The van der Waals surface area contributed by atoms with Gasteiger partial charge in [-0.05, 0) is 97.3 Å². The Labute approximate surface area is 324 Å². The van der Waals surface area contributed by atoms with Gasteiger partial charge in [-0.15, -0.1) is 0 Å². The van der Waals surface area contributed by atoms with Crippen molar-refractivity contribution < 1.29 is 37.0 Å². The summed E-state index contributed by atoms with van der Waals surface area (Å²) >= 11 is 0. The Kier molecular flexibility index (Phi) is 12.1. The van der Waals surface area contributed by atoms with Crippen LogP contribution >= 0.6 is 0 Å². The molecule has 4 bridgehead atoms. The Morgan fingerprint density at radius 2 is 1.75 bits per heavy atom. The Hall–Kier alpha value is -4.27. The summed E-state index contributed by atoms with van der Waals surface area (Å²) in [5.74, 6) is -0.246. The van der Waals surface area contributed by atoms with Crippen LogP contribution in [0.15, 0.2) is 53.6 Å². The molecule has 1 saturated carbocycles. The van der Waals surface area contributed by atoms with Crippen LogP contribution < -0.4 is 15.8 Å². The minimum Gasteiger partial charge on any atom is -0.491 e. The number of amides is 2. The molecule has 298 valence electrons. The molecule has 3 aliphatic heterocycles. The van der Waals surface area contributed by atoms with Crippen LogP contribution in [0.1, 0.15) is 114 Å². The summed E-state index contributed by atoms with van der Waals surface area (Å²) < 4.78 is 52.2. The Balaban J connectivity index is 1.32. The highest BCUT2D eigenvalue weighted by molar-refractivity contribution is 7.93. The van der Waals surface area contributed by atoms with E-state index >= 15 is 0 Å². The zero-order valence-electron chi connectivity index (χ0n) is 32.7. The lowest BCUT2D eigenvalue weighted by Crippen LogP contribution is -2.42. The molecule has 1 spiro atoms. The maximum atomic E-state index is 14.3. The van der Waals surface area contributed by atoms with E-state index in [4.69, 9.17) is 24.7 Å². The maximum absolute atomic E-state index is 14.3. The summed E-state index contributed by atoms with van der Waals surface area (Å²) in [5.41, 5.74) is 6.71. The number of nitrogens with two attached hydrogens (primary N) is 1. The minimum absolute atomic E-state index is 0.0715. The average molecular weight is 778 g/mol. The van der Waals surface area contributed by atoms with Gasteiger partial charge >= 0.3 is 6.09 Å². The van der Waals surface area contributed by atoms with E-state index in [-0.39, 0.29) is 29.2 Å². The second kappa shape index (κ2) is 16.4. The molecule has 1 aromatic heterocycles. The van der Waals surface area contributed by atoms with E-state index in [1.54, 1.807) is 43.4 Å². The summed E-state index contributed by atoms with van der Waals surface area (Å²) in [6.45, 7) is 8.64. The maximum Gasteiger partial charge on any atom is 0.410 e. The van der Waals surface area contributed by atoms with Crippen molar-refractivity contribution >= 4 is 33.3 Å². The fraction of sp³-hybridized carbons (Fsp3) is 0.561. The van der Waals surface area contributed by atoms with E-state index in [9.17, 15) is 18.0 Å². The SMILES string of the molecule is CN(Cc1cccc2c1OCCCCCCC(C)(OC1CCCCO1)CC1(CC1)S(=O)(=O)c1ccc(cc1)-c1cnc(N)c(n1)C(=O)N2)C(=O)OC(C)(C)C. The third-order valence-corrected chi connectivity index (χ3v) is 13.0.